The van der Waals surface area contributed by atoms with Crippen LogP contribution in [0.3, 0.4) is 0 Å². The van der Waals surface area contributed by atoms with Gasteiger partial charge in [0, 0.05) is 6.54 Å². The van der Waals surface area contributed by atoms with E-state index in [0.29, 0.717) is 51.2 Å². The second kappa shape index (κ2) is 15.3. The smallest absolute Gasteiger partial charge is 0.391 e. The number of likely N-dealkylation sites (tertiary alicyclic amines) is 1. The van der Waals surface area contributed by atoms with Gasteiger partial charge in [0.1, 0.15) is 18.6 Å². The van der Waals surface area contributed by atoms with Crippen LogP contribution in [0.4, 0.5) is 18.0 Å². The van der Waals surface area contributed by atoms with Gasteiger partial charge in [-0.3, -0.25) is 24.0 Å². The van der Waals surface area contributed by atoms with Crippen molar-refractivity contribution in [2.75, 3.05) is 19.7 Å². The van der Waals surface area contributed by atoms with E-state index in [2.05, 4.69) is 16.0 Å². The Morgan fingerprint density at radius 2 is 1.53 bits per heavy atom. The number of esters is 1. The van der Waals surface area contributed by atoms with Crippen LogP contribution in [0, 0.1) is 23.2 Å². The fraction of sp³-hybridized carbons (Fsp3) is 0.800. The number of Topliss-reactive ketones (excluding diaryl/α,β-unsaturated/α-hetero) is 1. The van der Waals surface area contributed by atoms with Gasteiger partial charge in [0.25, 0.3) is 5.91 Å². The van der Waals surface area contributed by atoms with Crippen LogP contribution in [0.5, 0.6) is 0 Å². The van der Waals surface area contributed by atoms with Crippen molar-refractivity contribution >= 4 is 35.5 Å². The van der Waals surface area contributed by atoms with E-state index >= 15 is 0 Å². The van der Waals surface area contributed by atoms with E-state index in [1.165, 1.54) is 4.90 Å². The Kier molecular flexibility index (Phi) is 12.2. The molecule has 3 unspecified atom stereocenters. The highest BCUT2D eigenvalue weighted by molar-refractivity contribution is 6.37. The highest BCUT2D eigenvalue weighted by atomic mass is 19.4. The third-order valence-corrected chi connectivity index (χ3v) is 8.51. The van der Waals surface area contributed by atoms with E-state index in [4.69, 9.17) is 10.5 Å². The Hall–Kier alpha value is -3.39. The minimum absolute atomic E-state index is 0.240. The summed E-state index contributed by atoms with van der Waals surface area (Å²) in [5.41, 5.74) is 4.50. The molecule has 0 aromatic heterocycles. The predicted molar refractivity (Wildman–Crippen MR) is 155 cm³/mol. The summed E-state index contributed by atoms with van der Waals surface area (Å²) in [5.74, 6) is -3.77. The van der Waals surface area contributed by atoms with Crippen molar-refractivity contribution in [3.63, 3.8) is 0 Å². The molecule has 4 aliphatic rings. The topological polar surface area (TPSA) is 177 Å². The van der Waals surface area contributed by atoms with Crippen LogP contribution in [-0.4, -0.2) is 84.4 Å². The zero-order chi connectivity index (χ0) is 33.5. The van der Waals surface area contributed by atoms with Crippen molar-refractivity contribution in [1.82, 2.24) is 20.9 Å². The number of carbonyl (C=O) groups is 6. The standard InChI is InChI=1S/C26H41N5O7.C4H5F3/c1-26(2,3)21(30-25(37)28-13-19(32)38-14-16-9-10-16)24(36)31-11-5-8-18(31)23(35)29-17(20(33)22(27)34)12-15-6-4-7-15;5-4(6,7)3-1-2-3/h15-18,21H,4-14H2,1-3H3,(H2,27,34)(H,29,35)(H2,28,30,37);3H,1-2H2. The molecule has 1 aliphatic heterocycles. The molecule has 3 atom stereocenters. The summed E-state index contributed by atoms with van der Waals surface area (Å²) in [7, 11) is 0. The molecule has 1 heterocycles. The molecule has 0 aromatic rings. The first kappa shape index (κ1) is 36.1. The monoisotopic (exact) mass is 645 g/mol. The summed E-state index contributed by atoms with van der Waals surface area (Å²) < 4.78 is 38.8. The normalized spacial score (nSPS) is 21.3. The van der Waals surface area contributed by atoms with E-state index in [-0.39, 0.29) is 12.5 Å². The Bertz CT molecular complexity index is 1110. The number of urea groups is 1. The summed E-state index contributed by atoms with van der Waals surface area (Å²) in [6.45, 7) is 5.67. The van der Waals surface area contributed by atoms with Gasteiger partial charge in [-0.25, -0.2) is 4.79 Å². The molecule has 4 rings (SSSR count). The molecular weight excluding hydrogens is 599 g/mol. The molecule has 15 heteroatoms. The van der Waals surface area contributed by atoms with Crippen molar-refractivity contribution in [2.45, 2.75) is 109 Å². The third-order valence-electron chi connectivity index (χ3n) is 8.51. The van der Waals surface area contributed by atoms with Crippen molar-refractivity contribution in [1.29, 1.82) is 0 Å². The number of primary amides is 1. The lowest BCUT2D eigenvalue weighted by atomic mass is 9.80. The molecule has 0 bridgehead atoms. The van der Waals surface area contributed by atoms with Crippen LogP contribution in [0.1, 0.15) is 85.0 Å². The summed E-state index contributed by atoms with van der Waals surface area (Å²) in [6, 6.07) is -3.56. The third kappa shape index (κ3) is 11.5. The van der Waals surface area contributed by atoms with E-state index in [9.17, 15) is 41.9 Å². The maximum atomic E-state index is 13.6. The van der Waals surface area contributed by atoms with Crippen LogP contribution >= 0.6 is 0 Å². The molecule has 0 aromatic carbocycles. The van der Waals surface area contributed by atoms with Crippen molar-refractivity contribution < 1.29 is 46.7 Å². The first-order chi connectivity index (χ1) is 21.0. The molecule has 1 saturated heterocycles. The number of amides is 5. The molecule has 12 nitrogen and oxygen atoms in total. The molecule has 5 N–H and O–H groups in total. The van der Waals surface area contributed by atoms with Gasteiger partial charge in [0.2, 0.25) is 17.6 Å². The fourth-order valence-corrected chi connectivity index (χ4v) is 5.14. The molecule has 3 saturated carbocycles. The Morgan fingerprint density at radius 1 is 0.889 bits per heavy atom. The van der Waals surface area contributed by atoms with Gasteiger partial charge < -0.3 is 31.3 Å². The second-order valence-corrected chi connectivity index (χ2v) is 13.6. The number of halogens is 3. The molecule has 0 radical (unpaired) electrons. The quantitative estimate of drug-likeness (QED) is 0.186. The first-order valence-electron chi connectivity index (χ1n) is 15.7. The second-order valence-electron chi connectivity index (χ2n) is 13.6. The molecule has 254 valence electrons. The number of hydrogen-bond acceptors (Lipinski definition) is 7. The van der Waals surface area contributed by atoms with E-state index in [1.54, 1.807) is 20.8 Å². The molecule has 5 amide bonds. The van der Waals surface area contributed by atoms with Crippen LogP contribution in [-0.2, 0) is 28.7 Å². The molecule has 0 spiro atoms. The maximum Gasteiger partial charge on any atom is 0.391 e. The molecule has 4 fully saturated rings. The number of nitrogens with one attached hydrogen (secondary N) is 3. The average molecular weight is 646 g/mol. The van der Waals surface area contributed by atoms with Gasteiger partial charge in [0.05, 0.1) is 18.6 Å². The molecule has 3 aliphatic carbocycles. The average Bonchev–Trinajstić information content (AvgIpc) is 3.86. The lowest BCUT2D eigenvalue weighted by Gasteiger charge is -2.36. The summed E-state index contributed by atoms with van der Waals surface area (Å²) in [4.78, 5) is 76.5. The largest absolute Gasteiger partial charge is 0.464 e. The first-order valence-corrected chi connectivity index (χ1v) is 15.7. The fourth-order valence-electron chi connectivity index (χ4n) is 5.14. The van der Waals surface area contributed by atoms with Crippen LogP contribution in [0.25, 0.3) is 0 Å². The number of nitrogens with two attached hydrogens (primary N) is 1. The van der Waals surface area contributed by atoms with E-state index in [1.807, 2.05) is 0 Å². The number of rotatable bonds is 12. The van der Waals surface area contributed by atoms with E-state index in [0.717, 1.165) is 32.1 Å². The number of nitrogens with zero attached hydrogens (tertiary/aromatic N) is 1. The highest BCUT2D eigenvalue weighted by Gasteiger charge is 2.47. The van der Waals surface area contributed by atoms with Crippen molar-refractivity contribution in [2.24, 2.45) is 28.9 Å². The minimum atomic E-state index is -3.89. The van der Waals surface area contributed by atoms with Gasteiger partial charge in [-0.15, -0.1) is 0 Å². The summed E-state index contributed by atoms with van der Waals surface area (Å²) >= 11 is 0. The summed E-state index contributed by atoms with van der Waals surface area (Å²) in [5, 5.41) is 7.74. The predicted octanol–water partition coefficient (Wildman–Crippen LogP) is 2.33. The van der Waals surface area contributed by atoms with E-state index < -0.39 is 71.1 Å². The number of ketones is 1. The molecule has 45 heavy (non-hydrogen) atoms. The Morgan fingerprint density at radius 3 is 2.00 bits per heavy atom. The highest BCUT2D eigenvalue weighted by Crippen LogP contribution is 2.43. The Balaban J connectivity index is 0.000000693. The number of alkyl halides is 3. The number of hydrogen-bond donors (Lipinski definition) is 4. The van der Waals surface area contributed by atoms with Gasteiger partial charge in [0.15, 0.2) is 0 Å². The zero-order valence-electron chi connectivity index (χ0n) is 26.2. The maximum absolute atomic E-state index is 13.6. The van der Waals surface area contributed by atoms with Gasteiger partial charge in [-0.05, 0) is 62.2 Å². The molecular formula is C30H46F3N5O7. The van der Waals surface area contributed by atoms with Crippen LogP contribution in [0.15, 0.2) is 0 Å². The minimum Gasteiger partial charge on any atom is -0.464 e. The van der Waals surface area contributed by atoms with Crippen LogP contribution < -0.4 is 21.7 Å². The van der Waals surface area contributed by atoms with Crippen molar-refractivity contribution in [3.8, 4) is 0 Å². The van der Waals surface area contributed by atoms with Gasteiger partial charge >= 0.3 is 18.2 Å². The lowest BCUT2D eigenvalue weighted by molar-refractivity contribution is -0.147. The Labute approximate surface area is 261 Å². The number of carbonyl (C=O) groups excluding carboxylic acids is 6. The van der Waals surface area contributed by atoms with Gasteiger partial charge in [-0.2, -0.15) is 13.2 Å². The zero-order valence-corrected chi connectivity index (χ0v) is 26.2. The SMILES string of the molecule is CC(C)(C)C(NC(=O)NCC(=O)OCC1CC1)C(=O)N1CCCC1C(=O)NC(CC1CCC1)C(=O)C(N)=O.FC(F)(F)C1CC1. The van der Waals surface area contributed by atoms with Crippen molar-refractivity contribution in [3.05, 3.63) is 0 Å². The van der Waals surface area contributed by atoms with Gasteiger partial charge in [-0.1, -0.05) is 40.0 Å². The lowest BCUT2D eigenvalue weighted by Crippen LogP contribution is -2.60. The van der Waals surface area contributed by atoms with Crippen LogP contribution in [0.2, 0.25) is 0 Å². The number of ether oxygens (including phenoxy) is 1. The summed E-state index contributed by atoms with van der Waals surface area (Å²) in [6.07, 6.45) is 3.06.